The van der Waals surface area contributed by atoms with E-state index in [1.807, 2.05) is 0 Å². The topological polar surface area (TPSA) is 72.0 Å². The Balaban J connectivity index is 2.06. The fourth-order valence-electron chi connectivity index (χ4n) is 1.56. The summed E-state index contributed by atoms with van der Waals surface area (Å²) in [5, 5.41) is 6.42. The van der Waals surface area contributed by atoms with Gasteiger partial charge in [-0.15, -0.1) is 0 Å². The minimum Gasteiger partial charge on any atom is -0.467 e. The second-order valence-corrected chi connectivity index (χ2v) is 4.17. The Morgan fingerprint density at radius 1 is 1.24 bits per heavy atom. The van der Waals surface area contributed by atoms with E-state index in [0.29, 0.717) is 23.9 Å². The van der Waals surface area contributed by atoms with Gasteiger partial charge in [0.1, 0.15) is 0 Å². The molecule has 6 heteroatoms. The molecular weight excluding hydrogens is 218 g/mol. The van der Waals surface area contributed by atoms with Crippen molar-refractivity contribution in [3.05, 3.63) is 0 Å². The van der Waals surface area contributed by atoms with Gasteiger partial charge in [-0.1, -0.05) is 6.92 Å². The lowest BCUT2D eigenvalue weighted by Gasteiger charge is -2.26. The first kappa shape index (κ1) is 11.9. The zero-order valence-electron chi connectivity index (χ0n) is 10.4. The number of rotatable bonds is 6. The second-order valence-electron chi connectivity index (χ2n) is 4.17. The van der Waals surface area contributed by atoms with Crippen molar-refractivity contribution in [2.45, 2.75) is 38.6 Å². The van der Waals surface area contributed by atoms with Crippen molar-refractivity contribution in [1.82, 2.24) is 15.0 Å². The third kappa shape index (κ3) is 3.18. The standard InChI is InChI=1S/C11H19N5O/c1-3-7-12-9-14-10(13-8-5-4-6-8)16-11(15-9)17-2/h8H,3-7H2,1-2H3,(H2,12,13,14,15,16). The van der Waals surface area contributed by atoms with Gasteiger partial charge in [0.2, 0.25) is 11.9 Å². The Hall–Kier alpha value is -1.59. The lowest BCUT2D eigenvalue weighted by molar-refractivity contribution is 0.378. The summed E-state index contributed by atoms with van der Waals surface area (Å²) in [5.41, 5.74) is 0. The molecule has 6 nitrogen and oxygen atoms in total. The maximum atomic E-state index is 5.07. The summed E-state index contributed by atoms with van der Waals surface area (Å²) in [6.07, 6.45) is 4.68. The number of nitrogens with one attached hydrogen (secondary N) is 2. The van der Waals surface area contributed by atoms with Crippen LogP contribution < -0.4 is 15.4 Å². The molecular formula is C11H19N5O. The second kappa shape index (κ2) is 5.65. The van der Waals surface area contributed by atoms with Crippen LogP contribution in [0.5, 0.6) is 6.01 Å². The van der Waals surface area contributed by atoms with Crippen LogP contribution >= 0.6 is 0 Å². The van der Waals surface area contributed by atoms with Gasteiger partial charge >= 0.3 is 6.01 Å². The molecule has 0 atom stereocenters. The van der Waals surface area contributed by atoms with E-state index in [1.165, 1.54) is 19.3 Å². The lowest BCUT2D eigenvalue weighted by Crippen LogP contribution is -2.28. The van der Waals surface area contributed by atoms with E-state index in [2.05, 4.69) is 32.5 Å². The molecule has 94 valence electrons. The zero-order chi connectivity index (χ0) is 12.1. The van der Waals surface area contributed by atoms with E-state index in [0.717, 1.165) is 13.0 Å². The number of methoxy groups -OCH3 is 1. The van der Waals surface area contributed by atoms with Gasteiger partial charge in [0.25, 0.3) is 0 Å². The van der Waals surface area contributed by atoms with Gasteiger partial charge in [-0.3, -0.25) is 0 Å². The molecule has 1 heterocycles. The average molecular weight is 237 g/mol. The molecule has 2 rings (SSSR count). The Bertz CT molecular complexity index is 367. The van der Waals surface area contributed by atoms with E-state index in [9.17, 15) is 0 Å². The first-order chi connectivity index (χ1) is 8.31. The van der Waals surface area contributed by atoms with Crippen molar-refractivity contribution >= 4 is 11.9 Å². The van der Waals surface area contributed by atoms with Crippen LogP contribution in [0.25, 0.3) is 0 Å². The Labute approximate surface area is 101 Å². The summed E-state index contributed by atoms with van der Waals surface area (Å²) in [4.78, 5) is 12.6. The van der Waals surface area contributed by atoms with Crippen molar-refractivity contribution in [2.75, 3.05) is 24.3 Å². The molecule has 1 aliphatic rings. The molecule has 0 spiro atoms. The van der Waals surface area contributed by atoms with Crippen LogP contribution in [0.2, 0.25) is 0 Å². The fraction of sp³-hybridized carbons (Fsp3) is 0.727. The van der Waals surface area contributed by atoms with E-state index in [4.69, 9.17) is 4.74 Å². The zero-order valence-corrected chi connectivity index (χ0v) is 10.4. The number of aromatic nitrogens is 3. The van der Waals surface area contributed by atoms with Gasteiger partial charge in [0.05, 0.1) is 7.11 Å². The lowest BCUT2D eigenvalue weighted by atomic mass is 9.93. The Kier molecular flexibility index (Phi) is 3.95. The SMILES string of the molecule is CCCNc1nc(NC2CCC2)nc(OC)n1. The van der Waals surface area contributed by atoms with Gasteiger partial charge in [0.15, 0.2) is 0 Å². The van der Waals surface area contributed by atoms with Gasteiger partial charge in [-0.25, -0.2) is 0 Å². The highest BCUT2D eigenvalue weighted by atomic mass is 16.5. The minimum atomic E-state index is 0.348. The molecule has 0 aromatic carbocycles. The predicted molar refractivity (Wildman–Crippen MR) is 66.4 cm³/mol. The monoisotopic (exact) mass is 237 g/mol. The number of nitrogens with zero attached hydrogens (tertiary/aromatic N) is 3. The summed E-state index contributed by atoms with van der Waals surface area (Å²) < 4.78 is 5.07. The molecule has 17 heavy (non-hydrogen) atoms. The third-order valence-electron chi connectivity index (χ3n) is 2.77. The largest absolute Gasteiger partial charge is 0.467 e. The first-order valence-electron chi connectivity index (χ1n) is 6.12. The average Bonchev–Trinajstić information content (AvgIpc) is 2.31. The van der Waals surface area contributed by atoms with E-state index >= 15 is 0 Å². The van der Waals surface area contributed by atoms with Crippen LogP contribution in [0.1, 0.15) is 32.6 Å². The van der Waals surface area contributed by atoms with Gasteiger partial charge in [0, 0.05) is 12.6 Å². The number of hydrogen-bond donors (Lipinski definition) is 2. The van der Waals surface area contributed by atoms with E-state index < -0.39 is 0 Å². The van der Waals surface area contributed by atoms with Crippen LogP contribution in [-0.2, 0) is 0 Å². The maximum Gasteiger partial charge on any atom is 0.322 e. The summed E-state index contributed by atoms with van der Waals surface area (Å²) >= 11 is 0. The third-order valence-corrected chi connectivity index (χ3v) is 2.77. The molecule has 0 saturated heterocycles. The minimum absolute atomic E-state index is 0.348. The molecule has 0 unspecified atom stereocenters. The molecule has 1 aliphatic carbocycles. The van der Waals surface area contributed by atoms with Crippen LogP contribution in [0.3, 0.4) is 0 Å². The van der Waals surface area contributed by atoms with Crippen molar-refractivity contribution in [3.63, 3.8) is 0 Å². The normalized spacial score (nSPS) is 15.2. The summed E-state index contributed by atoms with van der Waals surface area (Å²) in [7, 11) is 1.56. The van der Waals surface area contributed by atoms with Crippen LogP contribution in [0.4, 0.5) is 11.9 Å². The van der Waals surface area contributed by atoms with Crippen LogP contribution in [-0.4, -0.2) is 34.6 Å². The highest BCUT2D eigenvalue weighted by Crippen LogP contribution is 2.22. The maximum absolute atomic E-state index is 5.07. The van der Waals surface area contributed by atoms with Gasteiger partial charge < -0.3 is 15.4 Å². The van der Waals surface area contributed by atoms with Gasteiger partial charge in [-0.05, 0) is 25.7 Å². The number of anilines is 2. The Morgan fingerprint density at radius 2 is 2.00 bits per heavy atom. The smallest absolute Gasteiger partial charge is 0.322 e. The van der Waals surface area contributed by atoms with Crippen molar-refractivity contribution in [3.8, 4) is 6.01 Å². The van der Waals surface area contributed by atoms with Gasteiger partial charge in [-0.2, -0.15) is 15.0 Å². The van der Waals surface area contributed by atoms with Crippen LogP contribution in [0, 0.1) is 0 Å². The fourth-order valence-corrected chi connectivity index (χ4v) is 1.56. The highest BCUT2D eigenvalue weighted by Gasteiger charge is 2.18. The molecule has 0 aliphatic heterocycles. The summed E-state index contributed by atoms with van der Waals surface area (Å²) in [6.45, 7) is 2.94. The number of ether oxygens (including phenoxy) is 1. The molecule has 0 bridgehead atoms. The van der Waals surface area contributed by atoms with Crippen LogP contribution in [0.15, 0.2) is 0 Å². The predicted octanol–water partition coefficient (Wildman–Crippen LogP) is 1.67. The first-order valence-corrected chi connectivity index (χ1v) is 6.12. The molecule has 1 aromatic heterocycles. The van der Waals surface area contributed by atoms with E-state index in [1.54, 1.807) is 7.11 Å². The summed E-state index contributed by atoms with van der Waals surface area (Å²) in [5.74, 6) is 1.17. The molecule has 1 aromatic rings. The quantitative estimate of drug-likeness (QED) is 0.784. The Morgan fingerprint density at radius 3 is 2.59 bits per heavy atom. The van der Waals surface area contributed by atoms with Crippen molar-refractivity contribution in [1.29, 1.82) is 0 Å². The summed E-state index contributed by atoms with van der Waals surface area (Å²) in [6, 6.07) is 0.849. The molecule has 1 fully saturated rings. The van der Waals surface area contributed by atoms with Crippen molar-refractivity contribution < 1.29 is 4.74 Å². The number of hydrogen-bond acceptors (Lipinski definition) is 6. The molecule has 2 N–H and O–H groups in total. The van der Waals surface area contributed by atoms with E-state index in [-0.39, 0.29) is 0 Å². The molecule has 1 saturated carbocycles. The molecule has 0 radical (unpaired) electrons. The molecule has 0 amide bonds. The van der Waals surface area contributed by atoms with Crippen molar-refractivity contribution in [2.24, 2.45) is 0 Å². The highest BCUT2D eigenvalue weighted by molar-refractivity contribution is 5.36.